The first-order valence-corrected chi connectivity index (χ1v) is 31.5. The van der Waals surface area contributed by atoms with Crippen LogP contribution in [0.25, 0.3) is 0 Å². The number of hydrogen-bond donors (Lipinski definition) is 4. The summed E-state index contributed by atoms with van der Waals surface area (Å²) >= 11 is 4.67. The van der Waals surface area contributed by atoms with Gasteiger partial charge < -0.3 is 45.8 Å². The van der Waals surface area contributed by atoms with Gasteiger partial charge in [0.25, 0.3) is 11.8 Å². The SMILES string of the molecule is CC(C)(C)OC(=O)CC1=NC2(CCOc3ccc(N)cc32)CCS1.CC(C)(C)OC(=O)CC1=NC2(CCOc3ccc(NC(=O)c4ccc(C(F)(F)F)cn4)cc32)CCS1.NC1=NC2(CCOc3ccc(NC(=O)c4ccc(C(F)(F)F)cn4)cc32)CCS1. The van der Waals surface area contributed by atoms with E-state index < -0.39 is 57.6 Å². The fourth-order valence-corrected chi connectivity index (χ4v) is 13.8. The molecule has 6 N–H and O–H groups in total. The lowest BCUT2D eigenvalue weighted by molar-refractivity contribution is -0.154. The second-order valence-electron chi connectivity index (χ2n) is 23.6. The van der Waals surface area contributed by atoms with E-state index in [0.717, 1.165) is 94.7 Å². The highest BCUT2D eigenvalue weighted by molar-refractivity contribution is 8.14. The first-order chi connectivity index (χ1) is 41.9. The van der Waals surface area contributed by atoms with Crippen LogP contribution < -0.4 is 36.3 Å². The van der Waals surface area contributed by atoms with Gasteiger partial charge in [0.15, 0.2) is 5.17 Å². The molecule has 5 aromatic rings. The number of nitrogens with zero attached hydrogens (tertiary/aromatic N) is 5. The summed E-state index contributed by atoms with van der Waals surface area (Å²) in [6.45, 7) is 12.7. The van der Waals surface area contributed by atoms with E-state index in [1.807, 2.05) is 59.7 Å². The number of esters is 2. The minimum atomic E-state index is -4.53. The third kappa shape index (κ3) is 16.7. The number of benzene rings is 3. The first-order valence-electron chi connectivity index (χ1n) is 28.5. The molecule has 0 saturated carbocycles. The maximum Gasteiger partial charge on any atom is 0.417 e. The molecule has 11 rings (SSSR count). The van der Waals surface area contributed by atoms with Gasteiger partial charge in [-0.1, -0.05) is 11.8 Å². The number of alkyl halides is 6. The monoisotopic (exact) mass is 1290 g/mol. The Labute approximate surface area is 523 Å². The van der Waals surface area contributed by atoms with Crippen LogP contribution in [-0.2, 0) is 48.0 Å². The Morgan fingerprint density at radius 1 is 0.517 bits per heavy atom. The van der Waals surface area contributed by atoms with Crippen LogP contribution in [0.3, 0.4) is 0 Å². The van der Waals surface area contributed by atoms with Gasteiger partial charge in [-0.2, -0.15) is 26.3 Å². The number of nitrogens with one attached hydrogen (secondary N) is 2. The number of anilines is 3. The fourth-order valence-electron chi connectivity index (χ4n) is 10.7. The predicted octanol–water partition coefficient (Wildman–Crippen LogP) is 12.9. The van der Waals surface area contributed by atoms with Crippen LogP contribution in [0, 0.1) is 0 Å². The summed E-state index contributed by atoms with van der Waals surface area (Å²) in [4.78, 5) is 71.4. The van der Waals surface area contributed by atoms with E-state index >= 15 is 0 Å². The van der Waals surface area contributed by atoms with E-state index in [9.17, 15) is 45.5 Å². The highest BCUT2D eigenvalue weighted by Gasteiger charge is 2.44. The highest BCUT2D eigenvalue weighted by Crippen LogP contribution is 2.50. The van der Waals surface area contributed by atoms with Crippen LogP contribution in [0.1, 0.15) is 142 Å². The average molecular weight is 1290 g/mol. The van der Waals surface area contributed by atoms with Gasteiger partial charge in [-0.15, -0.1) is 23.5 Å². The number of rotatable bonds is 8. The zero-order chi connectivity index (χ0) is 64.2. The molecule has 2 aromatic heterocycles. The average Bonchev–Trinajstić information content (AvgIpc) is 1.19. The smallest absolute Gasteiger partial charge is 0.417 e. The van der Waals surface area contributed by atoms with Crippen LogP contribution >= 0.6 is 35.3 Å². The van der Waals surface area contributed by atoms with Gasteiger partial charge >= 0.3 is 24.3 Å². The summed E-state index contributed by atoms with van der Waals surface area (Å²) in [5.41, 5.74) is 11.6. The zero-order valence-corrected chi connectivity index (χ0v) is 52.1. The quantitative estimate of drug-likeness (QED) is 0.0640. The van der Waals surface area contributed by atoms with Gasteiger partial charge in [-0.25, -0.2) is 0 Å². The van der Waals surface area contributed by atoms with Crippen molar-refractivity contribution in [3.63, 3.8) is 0 Å². The summed E-state index contributed by atoms with van der Waals surface area (Å²) in [7, 11) is 0. The number of carbonyl (C=O) groups is 4. The number of pyridine rings is 2. The lowest BCUT2D eigenvalue weighted by Crippen LogP contribution is -2.36. The molecule has 0 saturated heterocycles. The van der Waals surface area contributed by atoms with Crippen molar-refractivity contribution < 1.29 is 69.2 Å². The van der Waals surface area contributed by atoms with Gasteiger partial charge in [-0.05, 0) is 140 Å². The van der Waals surface area contributed by atoms with E-state index in [4.69, 9.17) is 45.1 Å². The molecule has 0 aliphatic carbocycles. The van der Waals surface area contributed by atoms with Crippen LogP contribution in [0.4, 0.5) is 43.4 Å². The number of amides is 2. The van der Waals surface area contributed by atoms with Crippen molar-refractivity contribution in [2.45, 2.75) is 133 Å². The molecule has 6 aliphatic heterocycles. The topological polar surface area (TPSA) is 253 Å². The number of hydrogen-bond acceptors (Lipinski definition) is 19. The molecule has 18 nitrogen and oxygen atoms in total. The van der Waals surface area contributed by atoms with Gasteiger partial charge in [0, 0.05) is 82.7 Å². The van der Waals surface area contributed by atoms with Gasteiger partial charge in [0.05, 0.1) is 70.5 Å². The van der Waals surface area contributed by atoms with E-state index in [1.54, 1.807) is 48.2 Å². The van der Waals surface area contributed by atoms with Crippen LogP contribution in [0.5, 0.6) is 17.2 Å². The van der Waals surface area contributed by atoms with Crippen molar-refractivity contribution >= 4 is 91.4 Å². The van der Waals surface area contributed by atoms with Crippen molar-refractivity contribution in [1.29, 1.82) is 0 Å². The van der Waals surface area contributed by atoms with Crippen LogP contribution in [0.15, 0.2) is 106 Å². The number of nitrogen functional groups attached to an aromatic ring is 1. The third-order valence-electron chi connectivity index (χ3n) is 14.7. The molecule has 0 fully saturated rings. The highest BCUT2D eigenvalue weighted by atomic mass is 32.2. The van der Waals surface area contributed by atoms with Crippen molar-refractivity contribution in [1.82, 2.24) is 9.97 Å². The lowest BCUT2D eigenvalue weighted by atomic mass is 9.82. The standard InChI is InChI=1S/C25H26F3N3O4S.C19H17F3N4O2S.C18H24N2O3S/c1-23(2,3)35-21(32)13-20-31-24(9-11-36-20)8-10-34-19-7-5-16(12-17(19)24)30-22(33)18-6-4-15(14-29-18)25(26,27)28;20-19(21,22)11-1-3-14(24-10-11)16(27)25-12-2-4-15-13(9-12)18(5-7-28-15)6-8-29-17(23)26-18;1-17(2,3)23-16(21)11-15-20-18(7-9-24-15)6-8-22-14-5-4-12(19)10-13(14)18/h4-7,12,14H,8-11,13H2,1-3H3,(H,30,33);1-4,9-10H,5-8H2,(H2,23,26)(H,25,27);4-5,10H,6-9,11,19H2,1-3H3. The molecule has 6 aliphatic rings. The number of nitrogens with two attached hydrogens (primary N) is 2. The molecule has 89 heavy (non-hydrogen) atoms. The second kappa shape index (κ2) is 26.5. The first kappa shape index (κ1) is 65.9. The Bertz CT molecular complexity index is 3580. The number of aliphatic imine (C=N–C) groups is 3. The minimum absolute atomic E-state index is 0.0793. The van der Waals surface area contributed by atoms with Crippen molar-refractivity contribution in [3.05, 3.63) is 130 Å². The molecule has 8 heterocycles. The van der Waals surface area contributed by atoms with Gasteiger partial charge in [0.2, 0.25) is 0 Å². The van der Waals surface area contributed by atoms with Crippen molar-refractivity contribution in [3.8, 4) is 17.2 Å². The number of halogens is 6. The Balaban J connectivity index is 0.000000162. The Morgan fingerprint density at radius 2 is 0.899 bits per heavy atom. The van der Waals surface area contributed by atoms with E-state index in [1.165, 1.54) is 23.5 Å². The summed E-state index contributed by atoms with van der Waals surface area (Å²) in [6, 6.07) is 19.8. The number of fused-ring (bicyclic) bond motifs is 6. The van der Waals surface area contributed by atoms with Gasteiger partial charge in [0.1, 0.15) is 39.8 Å². The second-order valence-corrected chi connectivity index (χ2v) is 27.1. The number of carbonyl (C=O) groups excluding carboxylic acids is 4. The molecule has 0 radical (unpaired) electrons. The molecular weight excluding hydrogens is 1220 g/mol. The molecule has 3 atom stereocenters. The number of amidine groups is 1. The van der Waals surface area contributed by atoms with E-state index in [-0.39, 0.29) is 41.7 Å². The summed E-state index contributed by atoms with van der Waals surface area (Å²) < 4.78 is 104. The number of ether oxygens (including phenoxy) is 5. The molecule has 474 valence electrons. The Hall–Kier alpha value is -7.52. The molecule has 0 bridgehead atoms. The summed E-state index contributed by atoms with van der Waals surface area (Å²) in [5, 5.41) is 7.41. The molecule has 3 unspecified atom stereocenters. The summed E-state index contributed by atoms with van der Waals surface area (Å²) in [5.74, 6) is 2.87. The van der Waals surface area contributed by atoms with Gasteiger partial charge in [-0.3, -0.25) is 44.1 Å². The Kier molecular flexibility index (Phi) is 19.6. The maximum absolute atomic E-state index is 12.8. The van der Waals surface area contributed by atoms with Crippen molar-refractivity contribution in [2.24, 2.45) is 20.7 Å². The van der Waals surface area contributed by atoms with Crippen LogP contribution in [0.2, 0.25) is 0 Å². The van der Waals surface area contributed by atoms with Crippen LogP contribution in [-0.4, -0.2) is 97.3 Å². The number of thioether (sulfide) groups is 3. The van der Waals surface area contributed by atoms with E-state index in [0.29, 0.717) is 83.8 Å². The normalized spacial score (nSPS) is 21.1. The van der Waals surface area contributed by atoms with E-state index in [2.05, 4.69) is 25.6 Å². The molecule has 2 amide bonds. The molecule has 3 aromatic carbocycles. The fraction of sp³-hybridized carbons (Fsp3) is 0.435. The molecule has 3 spiro atoms. The predicted molar refractivity (Wildman–Crippen MR) is 332 cm³/mol. The Morgan fingerprint density at radius 3 is 1.27 bits per heavy atom. The van der Waals surface area contributed by atoms with Crippen molar-refractivity contribution in [2.75, 3.05) is 53.4 Å². The largest absolute Gasteiger partial charge is 0.493 e. The minimum Gasteiger partial charge on any atom is -0.493 e. The number of aromatic nitrogens is 2. The molecule has 27 heteroatoms. The molecular formula is C62H67F6N9O9S3. The summed E-state index contributed by atoms with van der Waals surface area (Å²) in [6.07, 6.45) is -2.92. The zero-order valence-electron chi connectivity index (χ0n) is 49.6. The lowest BCUT2D eigenvalue weighted by Gasteiger charge is -2.39. The maximum atomic E-state index is 12.8. The third-order valence-corrected chi connectivity index (χ3v) is 17.5.